The summed E-state index contributed by atoms with van der Waals surface area (Å²) in [6.45, 7) is 0.169. The van der Waals surface area contributed by atoms with Gasteiger partial charge in [-0.05, 0) is 29.8 Å². The van der Waals surface area contributed by atoms with Crippen LogP contribution in [0, 0.1) is 0 Å². The fourth-order valence-corrected chi connectivity index (χ4v) is 3.51. The van der Waals surface area contributed by atoms with E-state index in [4.69, 9.17) is 11.6 Å². The van der Waals surface area contributed by atoms with Crippen molar-refractivity contribution in [3.05, 3.63) is 57.8 Å². The van der Waals surface area contributed by atoms with E-state index >= 15 is 0 Å². The Morgan fingerprint density at radius 2 is 2.11 bits per heavy atom. The Balaban J connectivity index is 2.19. The molecule has 19 heavy (non-hydrogen) atoms. The first-order valence-electron chi connectivity index (χ1n) is 5.33. The van der Waals surface area contributed by atoms with Gasteiger partial charge in [0.25, 0.3) is 0 Å². The Hall–Kier alpha value is -0.950. The SMILES string of the molecule is O=S(=O)(NCc1cccnc1)c1ccc(Br)cc1Cl. The summed E-state index contributed by atoms with van der Waals surface area (Å²) < 4.78 is 27.4. The van der Waals surface area contributed by atoms with Crippen molar-refractivity contribution in [2.75, 3.05) is 0 Å². The zero-order chi connectivity index (χ0) is 13.9. The number of nitrogens with one attached hydrogen (secondary N) is 1. The smallest absolute Gasteiger partial charge is 0.242 e. The van der Waals surface area contributed by atoms with Gasteiger partial charge in [0.2, 0.25) is 10.0 Å². The normalized spacial score (nSPS) is 11.5. The largest absolute Gasteiger partial charge is 0.264 e. The highest BCUT2D eigenvalue weighted by Gasteiger charge is 2.17. The van der Waals surface area contributed by atoms with Crippen LogP contribution in [-0.2, 0) is 16.6 Å². The van der Waals surface area contributed by atoms with Crippen LogP contribution in [0.3, 0.4) is 0 Å². The van der Waals surface area contributed by atoms with Gasteiger partial charge in [-0.25, -0.2) is 13.1 Å². The highest BCUT2D eigenvalue weighted by molar-refractivity contribution is 9.10. The van der Waals surface area contributed by atoms with Gasteiger partial charge in [0, 0.05) is 23.4 Å². The fraction of sp³-hybridized carbons (Fsp3) is 0.0833. The van der Waals surface area contributed by atoms with E-state index in [0.717, 1.165) is 10.0 Å². The lowest BCUT2D eigenvalue weighted by molar-refractivity contribution is 0.581. The Morgan fingerprint density at radius 1 is 1.32 bits per heavy atom. The summed E-state index contributed by atoms with van der Waals surface area (Å²) in [6.07, 6.45) is 3.23. The maximum Gasteiger partial charge on any atom is 0.242 e. The number of aromatic nitrogens is 1. The van der Waals surface area contributed by atoms with E-state index in [9.17, 15) is 8.42 Å². The van der Waals surface area contributed by atoms with Crippen LogP contribution < -0.4 is 4.72 Å². The van der Waals surface area contributed by atoms with Gasteiger partial charge < -0.3 is 0 Å². The number of hydrogen-bond acceptors (Lipinski definition) is 3. The number of benzene rings is 1. The first kappa shape index (κ1) is 14.5. The lowest BCUT2D eigenvalue weighted by Crippen LogP contribution is -2.23. The Kier molecular flexibility index (Phi) is 4.57. The molecule has 0 aliphatic carbocycles. The van der Waals surface area contributed by atoms with Gasteiger partial charge in [-0.3, -0.25) is 4.98 Å². The second-order valence-corrected chi connectivity index (χ2v) is 6.82. The van der Waals surface area contributed by atoms with Crippen LogP contribution in [0.25, 0.3) is 0 Å². The zero-order valence-electron chi connectivity index (χ0n) is 9.68. The lowest BCUT2D eigenvalue weighted by atomic mass is 10.3. The molecule has 2 rings (SSSR count). The summed E-state index contributed by atoms with van der Waals surface area (Å²) in [5.74, 6) is 0. The molecule has 0 saturated heterocycles. The molecule has 1 N–H and O–H groups in total. The van der Waals surface area contributed by atoms with Crippen LogP contribution in [0.15, 0.2) is 52.1 Å². The second-order valence-electron chi connectivity index (χ2n) is 3.76. The quantitative estimate of drug-likeness (QED) is 0.911. The molecule has 4 nitrogen and oxygen atoms in total. The van der Waals surface area contributed by atoms with Gasteiger partial charge in [-0.1, -0.05) is 33.6 Å². The molecule has 100 valence electrons. The number of sulfonamides is 1. The van der Waals surface area contributed by atoms with Crippen molar-refractivity contribution in [2.45, 2.75) is 11.4 Å². The Labute approximate surface area is 125 Å². The molecule has 0 fully saturated rings. The predicted molar refractivity (Wildman–Crippen MR) is 77.4 cm³/mol. The summed E-state index contributed by atoms with van der Waals surface area (Å²) in [5, 5.41) is 0.174. The highest BCUT2D eigenvalue weighted by Crippen LogP contribution is 2.25. The topological polar surface area (TPSA) is 59.1 Å². The van der Waals surface area contributed by atoms with E-state index in [1.54, 1.807) is 36.7 Å². The van der Waals surface area contributed by atoms with Crippen LogP contribution in [-0.4, -0.2) is 13.4 Å². The third-order valence-corrected chi connectivity index (χ3v) is 4.75. The Bertz CT molecular complexity index is 677. The molecule has 0 aliphatic heterocycles. The van der Waals surface area contributed by atoms with E-state index < -0.39 is 10.0 Å². The maximum atomic E-state index is 12.1. The number of hydrogen-bond donors (Lipinski definition) is 1. The minimum Gasteiger partial charge on any atom is -0.264 e. The first-order chi connectivity index (χ1) is 8.99. The third-order valence-electron chi connectivity index (χ3n) is 2.37. The van der Waals surface area contributed by atoms with E-state index in [2.05, 4.69) is 25.6 Å². The van der Waals surface area contributed by atoms with Gasteiger partial charge >= 0.3 is 0 Å². The van der Waals surface area contributed by atoms with Gasteiger partial charge in [-0.15, -0.1) is 0 Å². The van der Waals surface area contributed by atoms with E-state index in [1.807, 2.05) is 0 Å². The molecule has 1 aromatic carbocycles. The van der Waals surface area contributed by atoms with Crippen LogP contribution in [0.2, 0.25) is 5.02 Å². The van der Waals surface area contributed by atoms with Crippen LogP contribution in [0.1, 0.15) is 5.56 Å². The molecule has 0 radical (unpaired) electrons. The average molecular weight is 362 g/mol. The van der Waals surface area contributed by atoms with Crippen LogP contribution in [0.4, 0.5) is 0 Å². The van der Waals surface area contributed by atoms with Crippen LogP contribution in [0.5, 0.6) is 0 Å². The molecule has 0 saturated carbocycles. The number of halogens is 2. The molecule has 0 unspecified atom stereocenters. The van der Waals surface area contributed by atoms with Gasteiger partial charge in [-0.2, -0.15) is 0 Å². The molecule has 0 atom stereocenters. The number of rotatable bonds is 4. The molecular formula is C12H10BrClN2O2S. The monoisotopic (exact) mass is 360 g/mol. The van der Waals surface area contributed by atoms with Crippen molar-refractivity contribution in [2.24, 2.45) is 0 Å². The van der Waals surface area contributed by atoms with Gasteiger partial charge in [0.05, 0.1) is 5.02 Å². The Morgan fingerprint density at radius 3 is 2.74 bits per heavy atom. The molecule has 7 heteroatoms. The standard InChI is InChI=1S/C12H10BrClN2O2S/c13-10-3-4-12(11(14)6-10)19(17,18)16-8-9-2-1-5-15-7-9/h1-7,16H,8H2. The van der Waals surface area contributed by atoms with Crippen molar-refractivity contribution < 1.29 is 8.42 Å². The molecule has 0 aliphatic rings. The zero-order valence-corrected chi connectivity index (χ0v) is 12.8. The fourth-order valence-electron chi connectivity index (χ4n) is 1.45. The molecule has 0 bridgehead atoms. The van der Waals surface area contributed by atoms with E-state index in [-0.39, 0.29) is 16.5 Å². The molecular weight excluding hydrogens is 352 g/mol. The predicted octanol–water partition coefficient (Wildman–Crippen LogP) is 2.98. The summed E-state index contributed by atoms with van der Waals surface area (Å²) in [7, 11) is -3.64. The van der Waals surface area contributed by atoms with Crippen molar-refractivity contribution >= 4 is 37.6 Å². The summed E-state index contributed by atoms with van der Waals surface area (Å²) in [6, 6.07) is 8.16. The van der Waals surface area contributed by atoms with Crippen LogP contribution >= 0.6 is 27.5 Å². The maximum absolute atomic E-state index is 12.1. The molecule has 1 aromatic heterocycles. The van der Waals surface area contributed by atoms with Crippen molar-refractivity contribution in [1.29, 1.82) is 0 Å². The van der Waals surface area contributed by atoms with Crippen molar-refractivity contribution in [1.82, 2.24) is 9.71 Å². The van der Waals surface area contributed by atoms with E-state index in [1.165, 1.54) is 6.07 Å². The lowest BCUT2D eigenvalue weighted by Gasteiger charge is -2.08. The number of pyridine rings is 1. The minimum atomic E-state index is -3.64. The third kappa shape index (κ3) is 3.76. The minimum absolute atomic E-state index is 0.0567. The average Bonchev–Trinajstić information content (AvgIpc) is 2.37. The summed E-state index contributed by atoms with van der Waals surface area (Å²) >= 11 is 9.17. The molecule has 2 aromatic rings. The highest BCUT2D eigenvalue weighted by atomic mass is 79.9. The van der Waals surface area contributed by atoms with E-state index in [0.29, 0.717) is 0 Å². The molecule has 0 amide bonds. The first-order valence-corrected chi connectivity index (χ1v) is 7.98. The van der Waals surface area contributed by atoms with Crippen molar-refractivity contribution in [3.8, 4) is 0 Å². The number of nitrogens with zero attached hydrogens (tertiary/aromatic N) is 1. The molecule has 0 spiro atoms. The van der Waals surface area contributed by atoms with Gasteiger partial charge in [0.15, 0.2) is 0 Å². The molecule has 1 heterocycles. The summed E-state index contributed by atoms with van der Waals surface area (Å²) in [4.78, 5) is 3.98. The van der Waals surface area contributed by atoms with Crippen molar-refractivity contribution in [3.63, 3.8) is 0 Å². The second kappa shape index (κ2) is 6.00. The summed E-state index contributed by atoms with van der Waals surface area (Å²) in [5.41, 5.74) is 0.777. The van der Waals surface area contributed by atoms with Gasteiger partial charge in [0.1, 0.15) is 4.90 Å².